The van der Waals surface area contributed by atoms with E-state index in [-0.39, 0.29) is 5.91 Å². The van der Waals surface area contributed by atoms with Crippen LogP contribution in [0.3, 0.4) is 0 Å². The van der Waals surface area contributed by atoms with Crippen molar-refractivity contribution in [3.63, 3.8) is 0 Å². The van der Waals surface area contributed by atoms with Gasteiger partial charge in [-0.1, -0.05) is 26.7 Å². The van der Waals surface area contributed by atoms with Crippen LogP contribution in [0.25, 0.3) is 0 Å². The number of nitrogens with zero attached hydrogens (tertiary/aromatic N) is 2. The molecule has 5 heteroatoms. The largest absolute Gasteiger partial charge is 0.367 e. The van der Waals surface area contributed by atoms with Gasteiger partial charge in [0, 0.05) is 36.3 Å². The number of carbonyl (C=O) groups excluding carboxylic acids is 1. The molecule has 0 spiro atoms. The van der Waals surface area contributed by atoms with E-state index in [4.69, 9.17) is 0 Å². The number of thioether (sulfide) groups is 1. The molecule has 1 aromatic rings. The molecular weight excluding hydrogens is 306 g/mol. The van der Waals surface area contributed by atoms with Gasteiger partial charge in [0.15, 0.2) is 0 Å². The second kappa shape index (κ2) is 7.56. The van der Waals surface area contributed by atoms with Crippen LogP contribution in [0.5, 0.6) is 0 Å². The molecule has 1 aliphatic carbocycles. The normalized spacial score (nSPS) is 22.6. The number of rotatable bonds is 4. The van der Waals surface area contributed by atoms with Gasteiger partial charge in [0.2, 0.25) is 0 Å². The smallest absolute Gasteiger partial charge is 0.257 e. The average Bonchev–Trinajstić information content (AvgIpc) is 3.08. The summed E-state index contributed by atoms with van der Waals surface area (Å²) < 4.78 is 0. The Labute approximate surface area is 143 Å². The zero-order valence-corrected chi connectivity index (χ0v) is 14.9. The second-order valence-corrected chi connectivity index (χ2v) is 8.28. The van der Waals surface area contributed by atoms with Crippen LogP contribution in [0.2, 0.25) is 0 Å². The van der Waals surface area contributed by atoms with Crippen molar-refractivity contribution in [2.24, 2.45) is 5.92 Å². The lowest BCUT2D eigenvalue weighted by molar-refractivity contribution is 0.0756. The fourth-order valence-electron chi connectivity index (χ4n) is 3.39. The maximum atomic E-state index is 13.0. The molecule has 1 aromatic heterocycles. The number of pyridine rings is 1. The van der Waals surface area contributed by atoms with Crippen LogP contribution < -0.4 is 5.32 Å². The van der Waals surface area contributed by atoms with E-state index in [1.807, 2.05) is 28.8 Å². The number of aromatic nitrogens is 1. The Morgan fingerprint density at radius 1 is 1.39 bits per heavy atom. The average molecular weight is 334 g/mol. The van der Waals surface area contributed by atoms with Gasteiger partial charge in [0.1, 0.15) is 5.82 Å². The molecule has 1 saturated carbocycles. The summed E-state index contributed by atoms with van der Waals surface area (Å²) in [6.07, 6.45) is 6.68. The predicted molar refractivity (Wildman–Crippen MR) is 97.1 cm³/mol. The minimum atomic E-state index is 0.129. The zero-order valence-electron chi connectivity index (χ0n) is 14.1. The quantitative estimate of drug-likeness (QED) is 0.913. The van der Waals surface area contributed by atoms with E-state index in [1.165, 1.54) is 25.7 Å². The molecule has 4 nitrogen and oxygen atoms in total. The van der Waals surface area contributed by atoms with E-state index < -0.39 is 0 Å². The third-order valence-corrected chi connectivity index (χ3v) is 6.40. The van der Waals surface area contributed by atoms with Gasteiger partial charge in [-0.15, -0.1) is 0 Å². The molecule has 0 radical (unpaired) electrons. The SMILES string of the molecule is CC(C)[C@@H]1CN(C(=O)c2cccnc2NC2CCCC2)CCS1. The van der Waals surface area contributed by atoms with Crippen molar-refractivity contribution < 1.29 is 4.79 Å². The molecule has 1 saturated heterocycles. The Morgan fingerprint density at radius 3 is 2.91 bits per heavy atom. The first-order valence-corrected chi connectivity index (χ1v) is 9.82. The summed E-state index contributed by atoms with van der Waals surface area (Å²) in [4.78, 5) is 19.5. The highest BCUT2D eigenvalue weighted by molar-refractivity contribution is 8.00. The van der Waals surface area contributed by atoms with Crippen LogP contribution in [0, 0.1) is 5.92 Å². The molecule has 2 aliphatic rings. The summed E-state index contributed by atoms with van der Waals surface area (Å²) in [5.74, 6) is 2.52. The summed E-state index contributed by atoms with van der Waals surface area (Å²) in [6.45, 7) is 6.16. The first kappa shape index (κ1) is 16.6. The topological polar surface area (TPSA) is 45.2 Å². The van der Waals surface area contributed by atoms with Gasteiger partial charge in [-0.05, 0) is 30.9 Å². The van der Waals surface area contributed by atoms with Crippen molar-refractivity contribution >= 4 is 23.5 Å². The summed E-state index contributed by atoms with van der Waals surface area (Å²) in [6, 6.07) is 4.25. The highest BCUT2D eigenvalue weighted by atomic mass is 32.2. The molecule has 1 aliphatic heterocycles. The van der Waals surface area contributed by atoms with E-state index in [1.54, 1.807) is 6.20 Å². The maximum Gasteiger partial charge on any atom is 0.257 e. The maximum absolute atomic E-state index is 13.0. The van der Waals surface area contributed by atoms with Crippen molar-refractivity contribution in [1.29, 1.82) is 0 Å². The molecule has 23 heavy (non-hydrogen) atoms. The standard InChI is InChI=1S/C18H27N3OS/c1-13(2)16-12-21(10-11-23-16)18(22)15-8-5-9-19-17(15)20-14-6-3-4-7-14/h5,8-9,13-14,16H,3-4,6-7,10-12H2,1-2H3,(H,19,20)/t16-/m0/s1. The highest BCUT2D eigenvalue weighted by Gasteiger charge is 2.28. The molecule has 1 N–H and O–H groups in total. The van der Waals surface area contributed by atoms with Gasteiger partial charge in [0.25, 0.3) is 5.91 Å². The van der Waals surface area contributed by atoms with Gasteiger partial charge in [-0.2, -0.15) is 11.8 Å². The predicted octanol–water partition coefficient (Wildman–Crippen LogP) is 3.65. The van der Waals surface area contributed by atoms with Crippen LogP contribution in [-0.4, -0.2) is 45.9 Å². The van der Waals surface area contributed by atoms with Gasteiger partial charge in [0.05, 0.1) is 5.56 Å². The van der Waals surface area contributed by atoms with Crippen molar-refractivity contribution in [1.82, 2.24) is 9.88 Å². The minimum absolute atomic E-state index is 0.129. The van der Waals surface area contributed by atoms with Crippen molar-refractivity contribution in [3.8, 4) is 0 Å². The van der Waals surface area contributed by atoms with Gasteiger partial charge in [-0.25, -0.2) is 4.98 Å². The lowest BCUT2D eigenvalue weighted by Gasteiger charge is -2.34. The first-order valence-electron chi connectivity index (χ1n) is 8.77. The van der Waals surface area contributed by atoms with Crippen molar-refractivity contribution in [2.45, 2.75) is 50.8 Å². The molecule has 126 valence electrons. The number of hydrogen-bond acceptors (Lipinski definition) is 4. The van der Waals surface area contributed by atoms with E-state index in [9.17, 15) is 4.79 Å². The van der Waals surface area contributed by atoms with Crippen LogP contribution in [-0.2, 0) is 0 Å². The Balaban J connectivity index is 1.73. The number of hydrogen-bond donors (Lipinski definition) is 1. The van der Waals surface area contributed by atoms with Crippen LogP contribution in [0.1, 0.15) is 49.9 Å². The summed E-state index contributed by atoms with van der Waals surface area (Å²) in [5, 5.41) is 4.04. The Morgan fingerprint density at radius 2 is 2.17 bits per heavy atom. The molecule has 1 amide bonds. The van der Waals surface area contributed by atoms with Crippen LogP contribution >= 0.6 is 11.8 Å². The Hall–Kier alpha value is -1.23. The van der Waals surface area contributed by atoms with Gasteiger partial charge >= 0.3 is 0 Å². The number of anilines is 1. The molecule has 0 aromatic carbocycles. The summed E-state index contributed by atoms with van der Waals surface area (Å²) >= 11 is 1.99. The molecule has 2 heterocycles. The van der Waals surface area contributed by atoms with Crippen molar-refractivity contribution in [3.05, 3.63) is 23.9 Å². The lowest BCUT2D eigenvalue weighted by Crippen LogP contribution is -2.43. The summed E-state index contributed by atoms with van der Waals surface area (Å²) in [7, 11) is 0. The van der Waals surface area contributed by atoms with Crippen LogP contribution in [0.4, 0.5) is 5.82 Å². The third kappa shape index (κ3) is 4.00. The molecular formula is C18H27N3OS. The summed E-state index contributed by atoms with van der Waals surface area (Å²) in [5.41, 5.74) is 0.730. The Bertz CT molecular complexity index is 543. The highest BCUT2D eigenvalue weighted by Crippen LogP contribution is 2.28. The van der Waals surface area contributed by atoms with E-state index in [0.717, 1.165) is 30.2 Å². The number of nitrogens with one attached hydrogen (secondary N) is 1. The van der Waals surface area contributed by atoms with Gasteiger partial charge in [-0.3, -0.25) is 4.79 Å². The number of amides is 1. The first-order chi connectivity index (χ1) is 11.1. The number of carbonyl (C=O) groups is 1. The monoisotopic (exact) mass is 333 g/mol. The molecule has 0 bridgehead atoms. The lowest BCUT2D eigenvalue weighted by atomic mass is 10.1. The fraction of sp³-hybridized carbons (Fsp3) is 0.667. The van der Waals surface area contributed by atoms with E-state index in [0.29, 0.717) is 17.2 Å². The fourth-order valence-corrected chi connectivity index (χ4v) is 4.69. The molecule has 1 atom stereocenters. The van der Waals surface area contributed by atoms with Crippen molar-refractivity contribution in [2.75, 3.05) is 24.2 Å². The van der Waals surface area contributed by atoms with E-state index in [2.05, 4.69) is 24.1 Å². The van der Waals surface area contributed by atoms with Gasteiger partial charge < -0.3 is 10.2 Å². The second-order valence-electron chi connectivity index (χ2n) is 6.93. The Kier molecular flexibility index (Phi) is 5.46. The van der Waals surface area contributed by atoms with Crippen LogP contribution in [0.15, 0.2) is 18.3 Å². The minimum Gasteiger partial charge on any atom is -0.367 e. The zero-order chi connectivity index (χ0) is 16.2. The molecule has 2 fully saturated rings. The van der Waals surface area contributed by atoms with E-state index >= 15 is 0 Å². The third-order valence-electron chi connectivity index (χ3n) is 4.86. The molecule has 0 unspecified atom stereocenters. The molecule has 3 rings (SSSR count).